The van der Waals surface area contributed by atoms with Gasteiger partial charge in [-0.3, -0.25) is 4.79 Å². The smallest absolute Gasteiger partial charge is 0.360 e. The predicted molar refractivity (Wildman–Crippen MR) is 84.9 cm³/mol. The van der Waals surface area contributed by atoms with E-state index < -0.39 is 33.2 Å². The molecule has 0 fully saturated rings. The standard InChI is InChI=1S/C15H16F3N3O4S/c1-9-13(10(2)25-21-9)26(23,24)20-8-7-19-14(22)11-5-3-4-6-12(11)15(16,17)18/h3-6,20H,7-8H2,1-2H3,(H,19,22). The molecule has 2 rings (SSSR count). The van der Waals surface area contributed by atoms with Crippen LogP contribution < -0.4 is 10.0 Å². The largest absolute Gasteiger partial charge is 0.417 e. The van der Waals surface area contributed by atoms with Crippen LogP contribution in [0.1, 0.15) is 27.4 Å². The molecule has 0 aliphatic carbocycles. The van der Waals surface area contributed by atoms with E-state index in [-0.39, 0.29) is 29.4 Å². The molecular formula is C15H16F3N3O4S. The highest BCUT2D eigenvalue weighted by molar-refractivity contribution is 7.89. The Kier molecular flexibility index (Phi) is 5.71. The summed E-state index contributed by atoms with van der Waals surface area (Å²) in [4.78, 5) is 11.9. The van der Waals surface area contributed by atoms with Gasteiger partial charge in [0.05, 0.1) is 11.1 Å². The average molecular weight is 391 g/mol. The monoisotopic (exact) mass is 391 g/mol. The van der Waals surface area contributed by atoms with Crippen molar-refractivity contribution in [2.45, 2.75) is 24.9 Å². The van der Waals surface area contributed by atoms with Crippen molar-refractivity contribution in [2.75, 3.05) is 13.1 Å². The summed E-state index contributed by atoms with van der Waals surface area (Å²) in [5.41, 5.74) is -1.42. The minimum atomic E-state index is -4.67. The van der Waals surface area contributed by atoms with Gasteiger partial charge >= 0.3 is 6.18 Å². The molecule has 7 nitrogen and oxygen atoms in total. The Morgan fingerprint density at radius 3 is 2.42 bits per heavy atom. The van der Waals surface area contributed by atoms with E-state index in [2.05, 4.69) is 15.2 Å². The second-order valence-corrected chi connectivity index (χ2v) is 7.05. The van der Waals surface area contributed by atoms with Gasteiger partial charge in [-0.2, -0.15) is 13.2 Å². The summed E-state index contributed by atoms with van der Waals surface area (Å²) in [6.07, 6.45) is -4.67. The molecule has 1 amide bonds. The molecule has 0 aliphatic heterocycles. The van der Waals surface area contributed by atoms with Crippen LogP contribution >= 0.6 is 0 Å². The zero-order chi connectivity index (χ0) is 19.5. The van der Waals surface area contributed by atoms with Gasteiger partial charge in [-0.25, -0.2) is 13.1 Å². The maximum absolute atomic E-state index is 12.9. The molecule has 0 bridgehead atoms. The highest BCUT2D eigenvalue weighted by Crippen LogP contribution is 2.31. The second-order valence-electron chi connectivity index (χ2n) is 5.35. The van der Waals surface area contributed by atoms with Crippen molar-refractivity contribution >= 4 is 15.9 Å². The first-order valence-electron chi connectivity index (χ1n) is 7.41. The molecule has 0 aliphatic rings. The van der Waals surface area contributed by atoms with Gasteiger partial charge in [-0.05, 0) is 26.0 Å². The summed E-state index contributed by atoms with van der Waals surface area (Å²) in [6, 6.07) is 4.34. The number of nitrogens with one attached hydrogen (secondary N) is 2. The fraction of sp³-hybridized carbons (Fsp3) is 0.333. The molecule has 2 aromatic rings. The van der Waals surface area contributed by atoms with Gasteiger partial charge in [-0.15, -0.1) is 0 Å². The molecule has 1 aromatic heterocycles. The van der Waals surface area contributed by atoms with Gasteiger partial charge in [0.15, 0.2) is 5.76 Å². The predicted octanol–water partition coefficient (Wildman–Crippen LogP) is 2.02. The highest BCUT2D eigenvalue weighted by atomic mass is 32.2. The summed E-state index contributed by atoms with van der Waals surface area (Å²) in [7, 11) is -3.91. The Morgan fingerprint density at radius 1 is 1.19 bits per heavy atom. The highest BCUT2D eigenvalue weighted by Gasteiger charge is 2.34. The van der Waals surface area contributed by atoms with E-state index in [1.54, 1.807) is 0 Å². The van der Waals surface area contributed by atoms with Crippen LogP contribution in [0.25, 0.3) is 0 Å². The number of carbonyl (C=O) groups excluding carboxylic acids is 1. The lowest BCUT2D eigenvalue weighted by molar-refractivity contribution is -0.137. The van der Waals surface area contributed by atoms with Crippen LogP contribution in [0.5, 0.6) is 0 Å². The summed E-state index contributed by atoms with van der Waals surface area (Å²) >= 11 is 0. The van der Waals surface area contributed by atoms with Crippen LogP contribution in [0.15, 0.2) is 33.7 Å². The molecule has 0 saturated carbocycles. The first-order chi connectivity index (χ1) is 12.0. The Hall–Kier alpha value is -2.40. The number of hydrogen-bond donors (Lipinski definition) is 2. The quantitative estimate of drug-likeness (QED) is 0.734. The van der Waals surface area contributed by atoms with Gasteiger partial charge in [0, 0.05) is 13.1 Å². The fourth-order valence-corrected chi connectivity index (χ4v) is 3.67. The lowest BCUT2D eigenvalue weighted by Crippen LogP contribution is -2.35. The number of aromatic nitrogens is 1. The van der Waals surface area contributed by atoms with Crippen molar-refractivity contribution in [2.24, 2.45) is 0 Å². The average Bonchev–Trinajstić information content (AvgIpc) is 2.90. The number of sulfonamides is 1. The third-order valence-electron chi connectivity index (χ3n) is 3.42. The number of alkyl halides is 3. The van der Waals surface area contributed by atoms with E-state index in [1.165, 1.54) is 26.0 Å². The van der Waals surface area contributed by atoms with Gasteiger partial charge < -0.3 is 9.84 Å². The lowest BCUT2D eigenvalue weighted by Gasteiger charge is -2.13. The maximum atomic E-state index is 12.9. The molecular weight excluding hydrogens is 375 g/mol. The molecule has 11 heteroatoms. The number of nitrogens with zero attached hydrogens (tertiary/aromatic N) is 1. The lowest BCUT2D eigenvalue weighted by atomic mass is 10.1. The molecule has 26 heavy (non-hydrogen) atoms. The molecule has 0 saturated heterocycles. The SMILES string of the molecule is Cc1noc(C)c1S(=O)(=O)NCCNC(=O)c1ccccc1C(F)(F)F. The molecule has 1 aromatic carbocycles. The Balaban J connectivity index is 1.98. The molecule has 0 radical (unpaired) electrons. The molecule has 0 spiro atoms. The molecule has 0 atom stereocenters. The van der Waals surface area contributed by atoms with Crippen LogP contribution in [0, 0.1) is 13.8 Å². The third-order valence-corrected chi connectivity index (χ3v) is 5.12. The third kappa shape index (κ3) is 4.41. The zero-order valence-electron chi connectivity index (χ0n) is 13.8. The van der Waals surface area contributed by atoms with Crippen molar-refractivity contribution in [3.05, 3.63) is 46.8 Å². The Morgan fingerprint density at radius 2 is 1.85 bits per heavy atom. The topological polar surface area (TPSA) is 101 Å². The van der Waals surface area contributed by atoms with Crippen molar-refractivity contribution in [3.63, 3.8) is 0 Å². The first-order valence-corrected chi connectivity index (χ1v) is 8.89. The number of halogens is 3. The van der Waals surface area contributed by atoms with Crippen LogP contribution in [0.2, 0.25) is 0 Å². The van der Waals surface area contributed by atoms with Gasteiger partial charge in [0.1, 0.15) is 10.6 Å². The van der Waals surface area contributed by atoms with E-state index in [0.717, 1.165) is 12.1 Å². The van der Waals surface area contributed by atoms with Crippen molar-refractivity contribution in [3.8, 4) is 0 Å². The van der Waals surface area contributed by atoms with Gasteiger partial charge in [-0.1, -0.05) is 17.3 Å². The normalized spacial score (nSPS) is 12.2. The minimum Gasteiger partial charge on any atom is -0.360 e. The number of aryl methyl sites for hydroxylation is 2. The van der Waals surface area contributed by atoms with Crippen LogP contribution in [-0.4, -0.2) is 32.6 Å². The number of carbonyl (C=O) groups is 1. The molecule has 2 N–H and O–H groups in total. The van der Waals surface area contributed by atoms with E-state index in [0.29, 0.717) is 0 Å². The van der Waals surface area contributed by atoms with Crippen LogP contribution in [0.4, 0.5) is 13.2 Å². The van der Waals surface area contributed by atoms with Crippen molar-refractivity contribution < 1.29 is 30.9 Å². The fourth-order valence-electron chi connectivity index (χ4n) is 2.32. The molecule has 142 valence electrons. The number of benzene rings is 1. The molecule has 1 heterocycles. The van der Waals surface area contributed by atoms with Crippen molar-refractivity contribution in [1.82, 2.24) is 15.2 Å². The number of rotatable bonds is 6. The minimum absolute atomic E-state index is 0.105. The van der Waals surface area contributed by atoms with E-state index in [9.17, 15) is 26.4 Å². The maximum Gasteiger partial charge on any atom is 0.417 e. The Bertz CT molecular complexity index is 888. The van der Waals surface area contributed by atoms with Crippen LogP contribution in [-0.2, 0) is 16.2 Å². The summed E-state index contributed by atoms with van der Waals surface area (Å²) < 4.78 is 70.0. The summed E-state index contributed by atoms with van der Waals surface area (Å²) in [6.45, 7) is 2.48. The first kappa shape index (κ1) is 19.9. The number of hydrogen-bond acceptors (Lipinski definition) is 5. The molecule has 0 unspecified atom stereocenters. The zero-order valence-corrected chi connectivity index (χ0v) is 14.7. The van der Waals surface area contributed by atoms with Crippen LogP contribution in [0.3, 0.4) is 0 Å². The summed E-state index contributed by atoms with van der Waals surface area (Å²) in [5.74, 6) is -0.840. The summed E-state index contributed by atoms with van der Waals surface area (Å²) in [5, 5.41) is 5.79. The number of amides is 1. The second kappa shape index (κ2) is 7.46. The Labute approximate surface area is 147 Å². The van der Waals surface area contributed by atoms with E-state index in [1.807, 2.05) is 0 Å². The van der Waals surface area contributed by atoms with Gasteiger partial charge in [0.2, 0.25) is 10.0 Å². The van der Waals surface area contributed by atoms with E-state index in [4.69, 9.17) is 4.52 Å². The van der Waals surface area contributed by atoms with Crippen molar-refractivity contribution in [1.29, 1.82) is 0 Å². The van der Waals surface area contributed by atoms with Gasteiger partial charge in [0.25, 0.3) is 5.91 Å². The van der Waals surface area contributed by atoms with E-state index >= 15 is 0 Å².